The lowest BCUT2D eigenvalue weighted by molar-refractivity contribution is 0.196. The second-order valence-electron chi connectivity index (χ2n) is 3.55. The zero-order chi connectivity index (χ0) is 12.7. The lowest BCUT2D eigenvalue weighted by Gasteiger charge is -2.11. The Morgan fingerprint density at radius 1 is 1.59 bits per heavy atom. The van der Waals surface area contributed by atoms with Gasteiger partial charge in [-0.15, -0.1) is 0 Å². The Morgan fingerprint density at radius 3 is 3.00 bits per heavy atom. The standard InChI is InChI=1S/C11H16BrN3OS/c1-8-6-9(12)7-14-10(8)15-11(17)13-4-3-5-16-2/h6-7H,3-5H2,1-2H3,(H2,13,14,15,17). The van der Waals surface area contributed by atoms with Crippen LogP contribution in [0.1, 0.15) is 12.0 Å². The second kappa shape index (κ2) is 7.58. The maximum absolute atomic E-state index is 5.16. The number of halogens is 1. The van der Waals surface area contributed by atoms with E-state index in [4.69, 9.17) is 17.0 Å². The number of ether oxygens (including phenoxy) is 1. The van der Waals surface area contributed by atoms with E-state index in [0.29, 0.717) is 5.11 Å². The number of thiocarbonyl (C=S) groups is 1. The molecule has 1 rings (SSSR count). The quantitative estimate of drug-likeness (QED) is 0.645. The lowest BCUT2D eigenvalue weighted by Crippen LogP contribution is -2.30. The molecule has 0 spiro atoms. The Bertz CT molecular complexity index is 387. The number of nitrogens with one attached hydrogen (secondary N) is 2. The minimum atomic E-state index is 0.582. The number of nitrogens with zero attached hydrogens (tertiary/aromatic N) is 1. The number of hydrogen-bond donors (Lipinski definition) is 2. The third-order valence-electron chi connectivity index (χ3n) is 2.09. The third kappa shape index (κ3) is 5.43. The summed E-state index contributed by atoms with van der Waals surface area (Å²) >= 11 is 8.53. The van der Waals surface area contributed by atoms with Gasteiger partial charge in [-0.25, -0.2) is 4.98 Å². The summed E-state index contributed by atoms with van der Waals surface area (Å²) in [5.41, 5.74) is 1.04. The van der Waals surface area contributed by atoms with Gasteiger partial charge in [-0.1, -0.05) is 0 Å². The molecule has 2 N–H and O–H groups in total. The van der Waals surface area contributed by atoms with E-state index in [2.05, 4.69) is 31.5 Å². The molecule has 0 unspecified atom stereocenters. The average Bonchev–Trinajstić information content (AvgIpc) is 2.28. The minimum Gasteiger partial charge on any atom is -0.385 e. The monoisotopic (exact) mass is 317 g/mol. The highest BCUT2D eigenvalue weighted by molar-refractivity contribution is 9.10. The van der Waals surface area contributed by atoms with Crippen molar-refractivity contribution in [2.24, 2.45) is 0 Å². The molecule has 0 aromatic carbocycles. The van der Waals surface area contributed by atoms with Crippen molar-refractivity contribution in [2.75, 3.05) is 25.6 Å². The number of hydrogen-bond acceptors (Lipinski definition) is 3. The van der Waals surface area contributed by atoms with Gasteiger partial charge in [0.05, 0.1) is 0 Å². The van der Waals surface area contributed by atoms with Crippen LogP contribution in [0.4, 0.5) is 5.82 Å². The first-order valence-electron chi connectivity index (χ1n) is 5.29. The van der Waals surface area contributed by atoms with Gasteiger partial charge < -0.3 is 15.4 Å². The van der Waals surface area contributed by atoms with Crippen LogP contribution in [0.5, 0.6) is 0 Å². The van der Waals surface area contributed by atoms with Gasteiger partial charge in [-0.3, -0.25) is 0 Å². The highest BCUT2D eigenvalue weighted by atomic mass is 79.9. The zero-order valence-electron chi connectivity index (χ0n) is 9.92. The molecule has 0 aliphatic carbocycles. The van der Waals surface area contributed by atoms with Gasteiger partial charge in [-0.2, -0.15) is 0 Å². The molecule has 0 fully saturated rings. The van der Waals surface area contributed by atoms with Crippen LogP contribution in [0.25, 0.3) is 0 Å². The van der Waals surface area contributed by atoms with Gasteiger partial charge in [0, 0.05) is 30.9 Å². The summed E-state index contributed by atoms with van der Waals surface area (Å²) in [5, 5.41) is 6.74. The predicted octanol–water partition coefficient (Wildman–Crippen LogP) is 2.48. The largest absolute Gasteiger partial charge is 0.385 e. The number of aryl methyl sites for hydroxylation is 1. The van der Waals surface area contributed by atoms with Crippen molar-refractivity contribution < 1.29 is 4.74 Å². The van der Waals surface area contributed by atoms with Gasteiger partial charge in [0.2, 0.25) is 0 Å². The number of pyridine rings is 1. The van der Waals surface area contributed by atoms with E-state index in [1.54, 1.807) is 13.3 Å². The van der Waals surface area contributed by atoms with Crippen LogP contribution in [0.2, 0.25) is 0 Å². The van der Waals surface area contributed by atoms with E-state index in [9.17, 15) is 0 Å². The van der Waals surface area contributed by atoms with Crippen molar-refractivity contribution in [1.82, 2.24) is 10.3 Å². The molecule has 1 aromatic rings. The summed E-state index contributed by atoms with van der Waals surface area (Å²) in [6.07, 6.45) is 2.66. The number of methoxy groups -OCH3 is 1. The summed E-state index contributed by atoms with van der Waals surface area (Å²) in [5.74, 6) is 0.775. The first kappa shape index (κ1) is 14.3. The summed E-state index contributed by atoms with van der Waals surface area (Å²) < 4.78 is 5.91. The summed E-state index contributed by atoms with van der Waals surface area (Å²) in [4.78, 5) is 4.25. The van der Waals surface area contributed by atoms with Crippen molar-refractivity contribution in [3.8, 4) is 0 Å². The van der Waals surface area contributed by atoms with Crippen LogP contribution in [-0.2, 0) is 4.74 Å². The van der Waals surface area contributed by atoms with E-state index >= 15 is 0 Å². The Kier molecular flexibility index (Phi) is 6.39. The van der Waals surface area contributed by atoms with Crippen molar-refractivity contribution in [3.63, 3.8) is 0 Å². The van der Waals surface area contributed by atoms with E-state index in [0.717, 1.165) is 35.4 Å². The molecular formula is C11H16BrN3OS. The molecule has 4 nitrogen and oxygen atoms in total. The Balaban J connectivity index is 2.40. The summed E-state index contributed by atoms with van der Waals surface area (Å²) in [7, 11) is 1.69. The first-order chi connectivity index (χ1) is 8.13. The maximum Gasteiger partial charge on any atom is 0.171 e. The fourth-order valence-corrected chi connectivity index (χ4v) is 1.89. The fraction of sp³-hybridized carbons (Fsp3) is 0.455. The topological polar surface area (TPSA) is 46.2 Å². The van der Waals surface area contributed by atoms with Gasteiger partial charge in [-0.05, 0) is 53.1 Å². The van der Waals surface area contributed by atoms with E-state index in [1.807, 2.05) is 13.0 Å². The molecule has 0 radical (unpaired) electrons. The molecule has 0 aliphatic heterocycles. The molecule has 94 valence electrons. The number of rotatable bonds is 5. The molecule has 0 atom stereocenters. The van der Waals surface area contributed by atoms with Crippen molar-refractivity contribution in [2.45, 2.75) is 13.3 Å². The van der Waals surface area contributed by atoms with Crippen LogP contribution in [-0.4, -0.2) is 30.4 Å². The summed E-state index contributed by atoms with van der Waals surface area (Å²) in [6.45, 7) is 3.49. The van der Waals surface area contributed by atoms with E-state index in [-0.39, 0.29) is 0 Å². The first-order valence-corrected chi connectivity index (χ1v) is 6.49. The Hall–Kier alpha value is -0.720. The molecule has 6 heteroatoms. The highest BCUT2D eigenvalue weighted by Crippen LogP contribution is 2.16. The van der Waals surface area contributed by atoms with Crippen molar-refractivity contribution in [3.05, 3.63) is 22.3 Å². The highest BCUT2D eigenvalue weighted by Gasteiger charge is 2.02. The molecule has 0 bridgehead atoms. The van der Waals surface area contributed by atoms with Crippen LogP contribution < -0.4 is 10.6 Å². The van der Waals surface area contributed by atoms with Gasteiger partial charge in [0.15, 0.2) is 5.11 Å². The molecule has 17 heavy (non-hydrogen) atoms. The third-order valence-corrected chi connectivity index (χ3v) is 2.77. The Morgan fingerprint density at radius 2 is 2.35 bits per heavy atom. The van der Waals surface area contributed by atoms with Crippen LogP contribution in [0, 0.1) is 6.92 Å². The maximum atomic E-state index is 5.16. The normalized spacial score (nSPS) is 10.1. The van der Waals surface area contributed by atoms with Crippen LogP contribution >= 0.6 is 28.1 Å². The zero-order valence-corrected chi connectivity index (χ0v) is 12.3. The Labute approximate surface area is 115 Å². The molecule has 0 saturated heterocycles. The second-order valence-corrected chi connectivity index (χ2v) is 4.87. The van der Waals surface area contributed by atoms with Crippen LogP contribution in [0.15, 0.2) is 16.7 Å². The van der Waals surface area contributed by atoms with E-state index in [1.165, 1.54) is 0 Å². The molecule has 0 amide bonds. The molecule has 1 heterocycles. The predicted molar refractivity (Wildman–Crippen MR) is 77.4 cm³/mol. The average molecular weight is 318 g/mol. The molecule has 0 saturated carbocycles. The van der Waals surface area contributed by atoms with E-state index < -0.39 is 0 Å². The van der Waals surface area contributed by atoms with Crippen LogP contribution in [0.3, 0.4) is 0 Å². The van der Waals surface area contributed by atoms with Gasteiger partial charge in [0.25, 0.3) is 0 Å². The smallest absolute Gasteiger partial charge is 0.171 e. The molecule has 0 aliphatic rings. The van der Waals surface area contributed by atoms with Crippen molar-refractivity contribution >= 4 is 39.1 Å². The minimum absolute atomic E-state index is 0.582. The SMILES string of the molecule is COCCCNC(=S)Nc1ncc(Br)cc1C. The molecular weight excluding hydrogens is 302 g/mol. The lowest BCUT2D eigenvalue weighted by atomic mass is 10.3. The molecule has 1 aromatic heterocycles. The van der Waals surface area contributed by atoms with Crippen molar-refractivity contribution in [1.29, 1.82) is 0 Å². The van der Waals surface area contributed by atoms with Gasteiger partial charge >= 0.3 is 0 Å². The summed E-state index contributed by atoms with van der Waals surface area (Å²) in [6, 6.07) is 1.99. The number of aromatic nitrogens is 1. The van der Waals surface area contributed by atoms with Gasteiger partial charge in [0.1, 0.15) is 5.82 Å². The fourth-order valence-electron chi connectivity index (χ4n) is 1.24. The number of anilines is 1.